The third-order valence-corrected chi connectivity index (χ3v) is 8.06. The van der Waals surface area contributed by atoms with E-state index in [2.05, 4.69) is 6.92 Å². The van der Waals surface area contributed by atoms with E-state index in [1.54, 1.807) is 22.6 Å². The van der Waals surface area contributed by atoms with Gasteiger partial charge >= 0.3 is 0 Å². The van der Waals surface area contributed by atoms with E-state index in [1.807, 2.05) is 0 Å². The summed E-state index contributed by atoms with van der Waals surface area (Å²) in [5, 5.41) is 0. The molecule has 26 heavy (non-hydrogen) atoms. The molecule has 1 aromatic carbocycles. The van der Waals surface area contributed by atoms with E-state index in [9.17, 15) is 8.78 Å². The molecule has 0 nitrogen and oxygen atoms in total. The van der Waals surface area contributed by atoms with Gasteiger partial charge in [0.1, 0.15) is 11.6 Å². The minimum absolute atomic E-state index is 0.112. The minimum atomic E-state index is -0.414. The molecular weight excluding hydrogens is 441 g/mol. The van der Waals surface area contributed by atoms with Crippen molar-refractivity contribution >= 4 is 22.6 Å². The summed E-state index contributed by atoms with van der Waals surface area (Å²) in [5.74, 6) is 2.84. The fourth-order valence-corrected chi connectivity index (χ4v) is 5.74. The second-order valence-electron chi connectivity index (χ2n) is 8.76. The molecule has 146 valence electrons. The van der Waals surface area contributed by atoms with Crippen LogP contribution in [0.25, 0.3) is 0 Å². The largest absolute Gasteiger partial charge is 0.206 e. The van der Waals surface area contributed by atoms with Crippen molar-refractivity contribution in [2.75, 3.05) is 0 Å². The van der Waals surface area contributed by atoms with Crippen LogP contribution in [0, 0.1) is 38.9 Å². The molecule has 0 aromatic heterocycles. The summed E-state index contributed by atoms with van der Waals surface area (Å²) in [6.07, 6.45) is 15.9. The summed E-state index contributed by atoms with van der Waals surface area (Å²) in [6.45, 7) is 2.31. The first-order valence-corrected chi connectivity index (χ1v) is 11.8. The van der Waals surface area contributed by atoms with Crippen molar-refractivity contribution in [1.82, 2.24) is 0 Å². The van der Waals surface area contributed by atoms with E-state index in [-0.39, 0.29) is 3.57 Å². The topological polar surface area (TPSA) is 0 Å². The smallest absolute Gasteiger partial charge is 0.139 e. The van der Waals surface area contributed by atoms with Gasteiger partial charge in [-0.15, -0.1) is 0 Å². The van der Waals surface area contributed by atoms with E-state index in [1.165, 1.54) is 76.3 Å². The molecule has 0 aliphatic heterocycles. The van der Waals surface area contributed by atoms with Gasteiger partial charge in [0.05, 0.1) is 3.57 Å². The van der Waals surface area contributed by atoms with E-state index in [0.29, 0.717) is 0 Å². The molecule has 3 rings (SSSR count). The molecular formula is C23H33F2I. The molecule has 0 amide bonds. The predicted molar refractivity (Wildman–Crippen MR) is 113 cm³/mol. The lowest BCUT2D eigenvalue weighted by Gasteiger charge is -2.38. The Labute approximate surface area is 171 Å². The van der Waals surface area contributed by atoms with Crippen LogP contribution in [0.4, 0.5) is 8.78 Å². The third kappa shape index (κ3) is 5.42. The third-order valence-electron chi connectivity index (χ3n) is 7.03. The van der Waals surface area contributed by atoms with Crippen LogP contribution in [-0.2, 0) is 6.42 Å². The second-order valence-corrected chi connectivity index (χ2v) is 9.84. The summed E-state index contributed by atoms with van der Waals surface area (Å²) < 4.78 is 27.5. The van der Waals surface area contributed by atoms with Crippen LogP contribution in [0.2, 0.25) is 0 Å². The highest BCUT2D eigenvalue weighted by Gasteiger charge is 2.30. The normalized spacial score (nSPS) is 29.7. The first-order valence-electron chi connectivity index (χ1n) is 10.7. The molecule has 2 saturated carbocycles. The molecule has 2 aliphatic carbocycles. The number of hydrogen-bond acceptors (Lipinski definition) is 0. The van der Waals surface area contributed by atoms with Gasteiger partial charge < -0.3 is 0 Å². The lowest BCUT2D eigenvalue weighted by molar-refractivity contribution is 0.141. The van der Waals surface area contributed by atoms with Gasteiger partial charge in [-0.25, -0.2) is 8.78 Å². The number of rotatable bonds is 6. The lowest BCUT2D eigenvalue weighted by Crippen LogP contribution is -2.26. The van der Waals surface area contributed by atoms with Crippen molar-refractivity contribution < 1.29 is 8.78 Å². The van der Waals surface area contributed by atoms with E-state index in [4.69, 9.17) is 0 Å². The molecule has 0 heterocycles. The highest BCUT2D eigenvalue weighted by Crippen LogP contribution is 2.43. The monoisotopic (exact) mass is 474 g/mol. The summed E-state index contributed by atoms with van der Waals surface area (Å²) >= 11 is 1.74. The summed E-state index contributed by atoms with van der Waals surface area (Å²) in [6, 6.07) is 3.04. The van der Waals surface area contributed by atoms with Crippen LogP contribution < -0.4 is 0 Å². The van der Waals surface area contributed by atoms with Crippen LogP contribution in [0.15, 0.2) is 12.1 Å². The van der Waals surface area contributed by atoms with Crippen LogP contribution in [-0.4, -0.2) is 0 Å². The fraction of sp³-hybridized carbons (Fsp3) is 0.739. The van der Waals surface area contributed by atoms with Crippen molar-refractivity contribution in [3.8, 4) is 0 Å². The van der Waals surface area contributed by atoms with Crippen molar-refractivity contribution in [3.05, 3.63) is 32.9 Å². The summed E-state index contributed by atoms with van der Waals surface area (Å²) in [5.41, 5.74) is 0.816. The SMILES string of the molecule is CCC[C@H]1CC[C@H](C2CCC(CCc3cc(F)c(I)c(F)c3)CC2)CC1. The first-order chi connectivity index (χ1) is 12.6. The molecule has 0 bridgehead atoms. The highest BCUT2D eigenvalue weighted by molar-refractivity contribution is 14.1. The van der Waals surface area contributed by atoms with E-state index in [0.717, 1.165) is 42.1 Å². The van der Waals surface area contributed by atoms with Gasteiger partial charge in [-0.1, -0.05) is 45.4 Å². The standard InChI is InChI=1S/C23H33F2I/c1-2-3-16-6-10-19(11-7-16)20-12-8-17(9-13-20)4-5-18-14-21(24)23(26)22(25)15-18/h14-17,19-20H,2-13H2,1H3/t16-,17?,19-,20?. The van der Waals surface area contributed by atoms with E-state index < -0.39 is 11.6 Å². The molecule has 0 saturated heterocycles. The lowest BCUT2D eigenvalue weighted by atomic mass is 9.68. The Bertz CT molecular complexity index is 547. The zero-order valence-electron chi connectivity index (χ0n) is 16.1. The molecule has 0 atom stereocenters. The molecule has 1 aromatic rings. The Morgan fingerprint density at radius 1 is 0.808 bits per heavy atom. The van der Waals surface area contributed by atoms with Crippen molar-refractivity contribution in [2.24, 2.45) is 23.7 Å². The van der Waals surface area contributed by atoms with Crippen LogP contribution in [0.3, 0.4) is 0 Å². The molecule has 2 aliphatic rings. The summed E-state index contributed by atoms with van der Waals surface area (Å²) in [4.78, 5) is 0. The maximum absolute atomic E-state index is 13.7. The quantitative estimate of drug-likeness (QED) is 0.290. The highest BCUT2D eigenvalue weighted by atomic mass is 127. The van der Waals surface area contributed by atoms with Crippen LogP contribution in [0.5, 0.6) is 0 Å². The number of benzene rings is 1. The molecule has 0 spiro atoms. The van der Waals surface area contributed by atoms with Gasteiger partial charge in [0, 0.05) is 0 Å². The molecule has 2 fully saturated rings. The molecule has 0 radical (unpaired) electrons. The zero-order valence-corrected chi connectivity index (χ0v) is 18.2. The predicted octanol–water partition coefficient (Wildman–Crippen LogP) is 7.91. The van der Waals surface area contributed by atoms with Crippen molar-refractivity contribution in [1.29, 1.82) is 0 Å². The van der Waals surface area contributed by atoms with Crippen LogP contribution >= 0.6 is 22.6 Å². The Balaban J connectivity index is 1.40. The van der Waals surface area contributed by atoms with Gasteiger partial charge in [-0.3, -0.25) is 0 Å². The molecule has 0 N–H and O–H groups in total. The Morgan fingerprint density at radius 2 is 1.27 bits per heavy atom. The number of halogens is 3. The number of aryl methyl sites for hydroxylation is 1. The average molecular weight is 474 g/mol. The zero-order chi connectivity index (χ0) is 18.5. The maximum Gasteiger partial charge on any atom is 0.139 e. The fourth-order valence-electron chi connectivity index (χ4n) is 5.43. The molecule has 0 unspecified atom stereocenters. The number of hydrogen-bond donors (Lipinski definition) is 0. The Hall–Kier alpha value is -0.190. The van der Waals surface area contributed by atoms with Crippen molar-refractivity contribution in [3.63, 3.8) is 0 Å². The van der Waals surface area contributed by atoms with Gasteiger partial charge in [0.15, 0.2) is 0 Å². The minimum Gasteiger partial charge on any atom is -0.206 e. The Morgan fingerprint density at radius 3 is 1.73 bits per heavy atom. The first kappa shape index (κ1) is 20.5. The Kier molecular flexibility index (Phi) is 7.77. The van der Waals surface area contributed by atoms with Gasteiger partial charge in [0.2, 0.25) is 0 Å². The average Bonchev–Trinajstić information content (AvgIpc) is 2.66. The second kappa shape index (κ2) is 9.84. The van der Waals surface area contributed by atoms with E-state index >= 15 is 0 Å². The van der Waals surface area contributed by atoms with Crippen molar-refractivity contribution in [2.45, 2.75) is 84.0 Å². The van der Waals surface area contributed by atoms with Gasteiger partial charge in [0.25, 0.3) is 0 Å². The molecule has 3 heteroatoms. The maximum atomic E-state index is 13.7. The summed E-state index contributed by atoms with van der Waals surface area (Å²) in [7, 11) is 0. The van der Waals surface area contributed by atoms with Gasteiger partial charge in [-0.05, 0) is 102 Å². The van der Waals surface area contributed by atoms with Crippen LogP contribution in [0.1, 0.15) is 83.1 Å². The van der Waals surface area contributed by atoms with Gasteiger partial charge in [-0.2, -0.15) is 0 Å².